The molecule has 2 rings (SSSR count). The highest BCUT2D eigenvalue weighted by atomic mass is 16.5. The van der Waals surface area contributed by atoms with Gasteiger partial charge in [0.05, 0.1) is 0 Å². The molecule has 0 aromatic heterocycles. The van der Waals surface area contributed by atoms with Crippen molar-refractivity contribution in [1.82, 2.24) is 10.2 Å². The number of nitrogens with one attached hydrogen (secondary N) is 1. The van der Waals surface area contributed by atoms with E-state index in [1.165, 1.54) is 0 Å². The Morgan fingerprint density at radius 1 is 1.33 bits per heavy atom. The molecular weight excluding hydrogens is 306 g/mol. The largest absolute Gasteiger partial charge is 0.399 e. The zero-order valence-corrected chi connectivity index (χ0v) is 14.3. The molecule has 1 heterocycles. The fourth-order valence-electron chi connectivity index (χ4n) is 2.87. The topological polar surface area (TPSA) is 84.7 Å². The van der Waals surface area contributed by atoms with Crippen molar-refractivity contribution in [2.75, 3.05) is 38.6 Å². The van der Waals surface area contributed by atoms with Crippen molar-refractivity contribution in [3.8, 4) is 0 Å². The van der Waals surface area contributed by atoms with Gasteiger partial charge in [-0.15, -0.1) is 0 Å². The van der Waals surface area contributed by atoms with Crippen LogP contribution in [-0.2, 0) is 9.53 Å². The third kappa shape index (κ3) is 5.23. The van der Waals surface area contributed by atoms with E-state index in [0.29, 0.717) is 56.9 Å². The van der Waals surface area contributed by atoms with Crippen LogP contribution < -0.4 is 11.1 Å². The molecule has 0 aliphatic carbocycles. The van der Waals surface area contributed by atoms with Crippen molar-refractivity contribution in [3.63, 3.8) is 0 Å². The Hall–Kier alpha value is -2.08. The lowest BCUT2D eigenvalue weighted by Gasteiger charge is -2.31. The molecule has 0 spiro atoms. The number of hydrogen-bond donors (Lipinski definition) is 2. The number of nitrogen functional groups attached to an aromatic ring is 1. The molecule has 0 atom stereocenters. The summed E-state index contributed by atoms with van der Waals surface area (Å²) >= 11 is 0. The van der Waals surface area contributed by atoms with E-state index in [0.717, 1.165) is 6.42 Å². The van der Waals surface area contributed by atoms with E-state index >= 15 is 0 Å². The van der Waals surface area contributed by atoms with E-state index in [-0.39, 0.29) is 17.7 Å². The summed E-state index contributed by atoms with van der Waals surface area (Å²) in [5, 5.41) is 2.96. The van der Waals surface area contributed by atoms with Crippen molar-refractivity contribution in [2.24, 2.45) is 5.92 Å². The minimum atomic E-state index is -0.0159. The third-order valence-electron chi connectivity index (χ3n) is 4.26. The number of ether oxygens (including phenoxy) is 1. The molecule has 6 heteroatoms. The van der Waals surface area contributed by atoms with Crippen LogP contribution in [-0.4, -0.2) is 49.6 Å². The standard InChI is InChI=1S/C18H27N3O3/c1-2-24-12-4-9-20-17(22)14-7-10-21(11-8-14)18(23)15-5-3-6-16(19)13-15/h3,5-6,13-14H,2,4,7-12,19H2,1H3,(H,20,22). The first kappa shape index (κ1) is 18.3. The SMILES string of the molecule is CCOCCCNC(=O)C1CCN(C(=O)c2cccc(N)c2)CC1. The summed E-state index contributed by atoms with van der Waals surface area (Å²) in [6, 6.07) is 7.01. The van der Waals surface area contributed by atoms with E-state index in [9.17, 15) is 9.59 Å². The van der Waals surface area contributed by atoms with Crippen LogP contribution >= 0.6 is 0 Å². The number of nitrogens with zero attached hydrogens (tertiary/aromatic N) is 1. The number of benzene rings is 1. The van der Waals surface area contributed by atoms with E-state index in [1.54, 1.807) is 29.2 Å². The Bertz CT molecular complexity index is 554. The average molecular weight is 333 g/mol. The maximum atomic E-state index is 12.5. The van der Waals surface area contributed by atoms with Gasteiger partial charge in [0, 0.05) is 50.0 Å². The Labute approximate surface area is 143 Å². The highest BCUT2D eigenvalue weighted by molar-refractivity contribution is 5.95. The summed E-state index contributed by atoms with van der Waals surface area (Å²) in [6.07, 6.45) is 2.23. The summed E-state index contributed by atoms with van der Waals surface area (Å²) in [5.41, 5.74) is 6.92. The van der Waals surface area contributed by atoms with Crippen molar-refractivity contribution in [2.45, 2.75) is 26.2 Å². The normalized spacial score (nSPS) is 15.3. The van der Waals surface area contributed by atoms with Gasteiger partial charge in [-0.05, 0) is 44.4 Å². The quantitative estimate of drug-likeness (QED) is 0.587. The van der Waals surface area contributed by atoms with E-state index in [4.69, 9.17) is 10.5 Å². The van der Waals surface area contributed by atoms with Crippen LogP contribution in [0.3, 0.4) is 0 Å². The van der Waals surface area contributed by atoms with Gasteiger partial charge in [-0.25, -0.2) is 0 Å². The maximum absolute atomic E-state index is 12.5. The lowest BCUT2D eigenvalue weighted by atomic mass is 9.95. The highest BCUT2D eigenvalue weighted by Crippen LogP contribution is 2.20. The number of likely N-dealkylation sites (tertiary alicyclic amines) is 1. The Morgan fingerprint density at radius 3 is 2.75 bits per heavy atom. The molecule has 0 bridgehead atoms. The summed E-state index contributed by atoms with van der Waals surface area (Å²) in [6.45, 7) is 5.17. The van der Waals surface area contributed by atoms with Crippen LogP contribution in [0.4, 0.5) is 5.69 Å². The van der Waals surface area contributed by atoms with Crippen LogP contribution in [0, 0.1) is 5.92 Å². The van der Waals surface area contributed by atoms with E-state index in [2.05, 4.69) is 5.32 Å². The van der Waals surface area contributed by atoms with Crippen LogP contribution in [0.5, 0.6) is 0 Å². The number of amides is 2. The Kier molecular flexibility index (Phi) is 7.06. The lowest BCUT2D eigenvalue weighted by Crippen LogP contribution is -2.43. The molecule has 1 aliphatic heterocycles. The first-order valence-corrected chi connectivity index (χ1v) is 8.62. The van der Waals surface area contributed by atoms with Gasteiger partial charge in [0.15, 0.2) is 0 Å². The molecule has 1 aromatic rings. The van der Waals surface area contributed by atoms with Crippen molar-refractivity contribution < 1.29 is 14.3 Å². The molecule has 3 N–H and O–H groups in total. The van der Waals surface area contributed by atoms with Gasteiger partial charge >= 0.3 is 0 Å². The zero-order chi connectivity index (χ0) is 17.4. The summed E-state index contributed by atoms with van der Waals surface area (Å²) in [5.74, 6) is 0.0578. The first-order valence-electron chi connectivity index (χ1n) is 8.62. The van der Waals surface area contributed by atoms with Gasteiger partial charge in [0.1, 0.15) is 0 Å². The lowest BCUT2D eigenvalue weighted by molar-refractivity contribution is -0.126. The molecule has 0 saturated carbocycles. The molecule has 1 aromatic carbocycles. The van der Waals surface area contributed by atoms with Crippen molar-refractivity contribution in [1.29, 1.82) is 0 Å². The Morgan fingerprint density at radius 2 is 2.08 bits per heavy atom. The second kappa shape index (κ2) is 9.27. The molecule has 6 nitrogen and oxygen atoms in total. The van der Waals surface area contributed by atoms with Crippen LogP contribution in [0.25, 0.3) is 0 Å². The first-order chi connectivity index (χ1) is 11.6. The van der Waals surface area contributed by atoms with Gasteiger partial charge in [-0.2, -0.15) is 0 Å². The average Bonchev–Trinajstić information content (AvgIpc) is 2.61. The maximum Gasteiger partial charge on any atom is 0.253 e. The molecule has 1 aliphatic rings. The van der Waals surface area contributed by atoms with Crippen molar-refractivity contribution in [3.05, 3.63) is 29.8 Å². The Balaban J connectivity index is 1.74. The molecule has 0 unspecified atom stereocenters. The van der Waals surface area contributed by atoms with Gasteiger partial charge in [-0.1, -0.05) is 6.07 Å². The summed E-state index contributed by atoms with van der Waals surface area (Å²) < 4.78 is 5.25. The summed E-state index contributed by atoms with van der Waals surface area (Å²) in [7, 11) is 0. The third-order valence-corrected chi connectivity index (χ3v) is 4.26. The molecule has 24 heavy (non-hydrogen) atoms. The number of anilines is 1. The van der Waals surface area contributed by atoms with Crippen LogP contribution in [0.1, 0.15) is 36.5 Å². The smallest absolute Gasteiger partial charge is 0.253 e. The number of piperidine rings is 1. The number of carbonyl (C=O) groups is 2. The molecule has 1 saturated heterocycles. The number of rotatable bonds is 7. The molecule has 0 radical (unpaired) electrons. The van der Waals surface area contributed by atoms with Crippen LogP contribution in [0.15, 0.2) is 24.3 Å². The van der Waals surface area contributed by atoms with Gasteiger partial charge in [0.25, 0.3) is 5.91 Å². The number of hydrogen-bond acceptors (Lipinski definition) is 4. The fraction of sp³-hybridized carbons (Fsp3) is 0.556. The predicted molar refractivity (Wildman–Crippen MR) is 93.6 cm³/mol. The molecule has 1 fully saturated rings. The van der Waals surface area contributed by atoms with Gasteiger partial charge in [0.2, 0.25) is 5.91 Å². The van der Waals surface area contributed by atoms with E-state index < -0.39 is 0 Å². The number of carbonyl (C=O) groups excluding carboxylic acids is 2. The minimum absolute atomic E-state index is 0.0120. The van der Waals surface area contributed by atoms with Gasteiger partial charge in [-0.3, -0.25) is 9.59 Å². The minimum Gasteiger partial charge on any atom is -0.399 e. The fourth-order valence-corrected chi connectivity index (χ4v) is 2.87. The highest BCUT2D eigenvalue weighted by Gasteiger charge is 2.27. The predicted octanol–water partition coefficient (Wildman–Crippen LogP) is 1.66. The molecular formula is C18H27N3O3. The van der Waals surface area contributed by atoms with E-state index in [1.807, 2.05) is 6.92 Å². The molecule has 2 amide bonds. The number of nitrogens with two attached hydrogens (primary N) is 1. The monoisotopic (exact) mass is 333 g/mol. The second-order valence-corrected chi connectivity index (χ2v) is 6.03. The molecule has 132 valence electrons. The van der Waals surface area contributed by atoms with Gasteiger partial charge < -0.3 is 20.7 Å². The van der Waals surface area contributed by atoms with Crippen molar-refractivity contribution >= 4 is 17.5 Å². The summed E-state index contributed by atoms with van der Waals surface area (Å²) in [4.78, 5) is 26.4. The van der Waals surface area contributed by atoms with Crippen LogP contribution in [0.2, 0.25) is 0 Å². The second-order valence-electron chi connectivity index (χ2n) is 6.03. The zero-order valence-electron chi connectivity index (χ0n) is 14.3.